The summed E-state index contributed by atoms with van der Waals surface area (Å²) in [4.78, 5) is 30.6. The van der Waals surface area contributed by atoms with Crippen molar-refractivity contribution in [1.29, 1.82) is 0 Å². The number of carbonyl (C=O) groups excluding carboxylic acids is 2. The molecule has 1 atom stereocenters. The molecule has 0 bridgehead atoms. The van der Waals surface area contributed by atoms with Crippen molar-refractivity contribution < 1.29 is 27.9 Å². The number of halogens is 4. The van der Waals surface area contributed by atoms with E-state index in [-0.39, 0.29) is 30.3 Å². The number of piperidine rings is 2. The number of rotatable bonds is 7. The smallest absolute Gasteiger partial charge is 0.371 e. The first kappa shape index (κ1) is 33.1. The first-order valence-electron chi connectivity index (χ1n) is 15.0. The van der Waals surface area contributed by atoms with Crippen LogP contribution >= 0.6 is 11.6 Å². The third-order valence-corrected chi connectivity index (χ3v) is 9.61. The molecule has 0 aromatic heterocycles. The highest BCUT2D eigenvalue weighted by Gasteiger charge is 2.62. The molecule has 0 aliphatic carbocycles. The lowest BCUT2D eigenvalue weighted by atomic mass is 9.71. The third-order valence-electron chi connectivity index (χ3n) is 9.30. The van der Waals surface area contributed by atoms with Crippen molar-refractivity contribution in [2.45, 2.75) is 70.6 Å². The Labute approximate surface area is 257 Å². The highest BCUT2D eigenvalue weighted by atomic mass is 35.5. The fraction of sp³-hybridized carbons (Fsp3) is 0.576. The highest BCUT2D eigenvalue weighted by Crippen LogP contribution is 2.45. The summed E-state index contributed by atoms with van der Waals surface area (Å²) in [6, 6.07) is 11.2. The van der Waals surface area contributed by atoms with Gasteiger partial charge in [-0.25, -0.2) is 0 Å². The van der Waals surface area contributed by atoms with Crippen LogP contribution in [0.3, 0.4) is 0 Å². The molecule has 2 aromatic carbocycles. The second-order valence-corrected chi connectivity index (χ2v) is 13.5. The lowest BCUT2D eigenvalue weighted by Crippen LogP contribution is -2.57. The largest absolute Gasteiger partial charge is 0.430 e. The molecule has 6 nitrogen and oxygen atoms in total. The van der Waals surface area contributed by atoms with Gasteiger partial charge in [-0.2, -0.15) is 13.2 Å². The van der Waals surface area contributed by atoms with Gasteiger partial charge in [-0.05, 0) is 73.1 Å². The van der Waals surface area contributed by atoms with Crippen LogP contribution in [-0.2, 0) is 10.4 Å². The number of aliphatic hydroxyl groups is 1. The minimum atomic E-state index is -5.15. The standard InChI is InChI=1S/C33H43ClF3N3O3/c1-22(2)24-7-6-8-25(19-24)32(43,33(35,36)37)30(42)40-17-13-31(3,14-18-40)21-23-11-15-39(16-12-23)26-9-10-27(28(34)20-26)29(41)38(4)5/h6-10,19-20,22-23,43H,11-18,21H2,1-5H3/t32-/m1/s1. The zero-order valence-corrected chi connectivity index (χ0v) is 26.4. The van der Waals surface area contributed by atoms with E-state index in [0.29, 0.717) is 34.9 Å². The SMILES string of the molecule is CC(C)c1cccc([C@@](O)(C(=O)N2CCC(C)(CC3CCN(c4ccc(C(=O)N(C)C)c(Cl)c4)CC3)CC2)C(F)(F)F)c1. The molecule has 2 amide bonds. The van der Waals surface area contributed by atoms with Crippen LogP contribution in [0.5, 0.6) is 0 Å². The number of amides is 2. The van der Waals surface area contributed by atoms with Gasteiger partial charge in [-0.1, -0.05) is 56.6 Å². The topological polar surface area (TPSA) is 64.1 Å². The summed E-state index contributed by atoms with van der Waals surface area (Å²) in [5.41, 5.74) is -2.04. The van der Waals surface area contributed by atoms with Crippen molar-refractivity contribution in [2.75, 3.05) is 45.2 Å². The fourth-order valence-corrected chi connectivity index (χ4v) is 6.68. The maximum absolute atomic E-state index is 14.3. The normalized spacial score (nSPS) is 19.3. The van der Waals surface area contributed by atoms with Gasteiger partial charge in [0.1, 0.15) is 0 Å². The van der Waals surface area contributed by atoms with E-state index >= 15 is 0 Å². The van der Waals surface area contributed by atoms with E-state index in [9.17, 15) is 27.9 Å². The summed E-state index contributed by atoms with van der Waals surface area (Å²) in [6.07, 6.45) is -1.13. The van der Waals surface area contributed by atoms with E-state index in [4.69, 9.17) is 11.6 Å². The van der Waals surface area contributed by atoms with Gasteiger partial charge < -0.3 is 19.8 Å². The summed E-state index contributed by atoms with van der Waals surface area (Å²) < 4.78 is 43.0. The Hall–Kier alpha value is -2.78. The maximum Gasteiger partial charge on any atom is 0.430 e. The summed E-state index contributed by atoms with van der Waals surface area (Å²) in [7, 11) is 3.38. The van der Waals surface area contributed by atoms with Crippen LogP contribution < -0.4 is 4.90 Å². The number of likely N-dealkylation sites (tertiary alicyclic amines) is 1. The van der Waals surface area contributed by atoms with Gasteiger partial charge in [0.25, 0.3) is 17.4 Å². The van der Waals surface area contributed by atoms with Crippen molar-refractivity contribution in [3.05, 3.63) is 64.2 Å². The fourth-order valence-electron chi connectivity index (χ4n) is 6.42. The van der Waals surface area contributed by atoms with Gasteiger partial charge in [0, 0.05) is 51.5 Å². The van der Waals surface area contributed by atoms with Crippen molar-refractivity contribution in [1.82, 2.24) is 9.80 Å². The van der Waals surface area contributed by atoms with Crippen LogP contribution in [0.1, 0.15) is 80.3 Å². The molecule has 0 spiro atoms. The Morgan fingerprint density at radius 1 is 1.05 bits per heavy atom. The highest BCUT2D eigenvalue weighted by molar-refractivity contribution is 6.34. The summed E-state index contributed by atoms with van der Waals surface area (Å²) in [5, 5.41) is 11.4. The van der Waals surface area contributed by atoms with Crippen LogP contribution in [0.4, 0.5) is 18.9 Å². The molecule has 2 aliphatic rings. The molecule has 2 aliphatic heterocycles. The number of nitrogens with zero attached hydrogens (tertiary/aromatic N) is 3. The van der Waals surface area contributed by atoms with Crippen molar-refractivity contribution in [3.8, 4) is 0 Å². The Kier molecular flexibility index (Phi) is 9.77. The van der Waals surface area contributed by atoms with E-state index in [1.54, 1.807) is 26.2 Å². The zero-order chi connectivity index (χ0) is 31.7. The molecule has 43 heavy (non-hydrogen) atoms. The molecule has 0 unspecified atom stereocenters. The number of anilines is 1. The molecule has 0 radical (unpaired) electrons. The Morgan fingerprint density at radius 2 is 1.67 bits per heavy atom. The molecule has 2 saturated heterocycles. The number of benzene rings is 2. The van der Waals surface area contributed by atoms with Gasteiger partial charge in [-0.3, -0.25) is 9.59 Å². The van der Waals surface area contributed by atoms with E-state index < -0.39 is 23.2 Å². The molecule has 2 heterocycles. The van der Waals surface area contributed by atoms with Crippen LogP contribution in [0.2, 0.25) is 5.02 Å². The lowest BCUT2D eigenvalue weighted by Gasteiger charge is -2.45. The molecule has 4 rings (SSSR count). The first-order chi connectivity index (χ1) is 20.1. The average molecular weight is 622 g/mol. The van der Waals surface area contributed by atoms with Gasteiger partial charge in [-0.15, -0.1) is 0 Å². The van der Waals surface area contributed by atoms with Crippen LogP contribution in [0.15, 0.2) is 42.5 Å². The first-order valence-corrected chi connectivity index (χ1v) is 15.4. The zero-order valence-electron chi connectivity index (χ0n) is 25.7. The van der Waals surface area contributed by atoms with Crippen LogP contribution in [0, 0.1) is 11.3 Å². The Bertz CT molecular complexity index is 1320. The van der Waals surface area contributed by atoms with Gasteiger partial charge in [0.15, 0.2) is 0 Å². The molecule has 2 fully saturated rings. The second-order valence-electron chi connectivity index (χ2n) is 13.1. The van der Waals surface area contributed by atoms with Crippen LogP contribution in [-0.4, -0.2) is 73.2 Å². The lowest BCUT2D eigenvalue weighted by molar-refractivity contribution is -0.262. The average Bonchev–Trinajstić information content (AvgIpc) is 2.96. The predicted octanol–water partition coefficient (Wildman–Crippen LogP) is 6.85. The van der Waals surface area contributed by atoms with E-state index in [1.165, 1.54) is 28.0 Å². The summed E-state index contributed by atoms with van der Waals surface area (Å²) >= 11 is 6.42. The Morgan fingerprint density at radius 3 is 2.21 bits per heavy atom. The van der Waals surface area contributed by atoms with Gasteiger partial charge >= 0.3 is 6.18 Å². The quantitative estimate of drug-likeness (QED) is 0.367. The van der Waals surface area contributed by atoms with E-state index in [2.05, 4.69) is 11.8 Å². The number of hydrogen-bond donors (Lipinski definition) is 1. The number of alkyl halides is 3. The molecule has 236 valence electrons. The summed E-state index contributed by atoms with van der Waals surface area (Å²) in [6.45, 7) is 7.90. The minimum absolute atomic E-state index is 0.0489. The Balaban J connectivity index is 1.36. The van der Waals surface area contributed by atoms with Crippen LogP contribution in [0.25, 0.3) is 0 Å². The predicted molar refractivity (Wildman–Crippen MR) is 163 cm³/mol. The minimum Gasteiger partial charge on any atom is -0.371 e. The van der Waals surface area contributed by atoms with Gasteiger partial charge in [0.05, 0.1) is 10.6 Å². The molecule has 0 saturated carbocycles. The van der Waals surface area contributed by atoms with Crippen molar-refractivity contribution >= 4 is 29.1 Å². The number of hydrogen-bond acceptors (Lipinski definition) is 4. The molecule has 2 aromatic rings. The monoisotopic (exact) mass is 621 g/mol. The van der Waals surface area contributed by atoms with Crippen molar-refractivity contribution in [2.24, 2.45) is 11.3 Å². The maximum atomic E-state index is 14.3. The van der Waals surface area contributed by atoms with E-state index in [0.717, 1.165) is 38.0 Å². The molecule has 10 heteroatoms. The third kappa shape index (κ3) is 6.98. The van der Waals surface area contributed by atoms with E-state index in [1.807, 2.05) is 26.0 Å². The van der Waals surface area contributed by atoms with Gasteiger partial charge in [0.2, 0.25) is 0 Å². The molecule has 1 N–H and O–H groups in total. The molecular formula is C33H43ClF3N3O3. The number of carbonyl (C=O) groups is 2. The summed E-state index contributed by atoms with van der Waals surface area (Å²) in [5.74, 6) is -1.03. The molecular weight excluding hydrogens is 579 g/mol. The van der Waals surface area contributed by atoms with Crippen molar-refractivity contribution in [3.63, 3.8) is 0 Å². The second kappa shape index (κ2) is 12.7.